The lowest BCUT2D eigenvalue weighted by Gasteiger charge is -2.47. The number of benzene rings is 1. The zero-order valence-corrected chi connectivity index (χ0v) is 17.1. The fraction of sp³-hybridized carbons (Fsp3) is 0.458. The Morgan fingerprint density at radius 3 is 2.86 bits per heavy atom. The number of para-hydroxylation sites is 1. The minimum Gasteiger partial charge on any atom is -0.478 e. The number of hydrogen-bond donors (Lipinski definition) is 2. The Hall–Kier alpha value is -2.37. The zero-order chi connectivity index (χ0) is 20.4. The summed E-state index contributed by atoms with van der Waals surface area (Å²) in [6, 6.07) is 9.55. The lowest BCUT2D eigenvalue weighted by molar-refractivity contribution is -0.131. The predicted octanol–water partition coefficient (Wildman–Crippen LogP) is 4.61. The number of carbonyl (C=O) groups is 1. The van der Waals surface area contributed by atoms with Gasteiger partial charge in [-0.2, -0.15) is 0 Å². The van der Waals surface area contributed by atoms with Crippen LogP contribution >= 0.6 is 0 Å². The molecule has 1 fully saturated rings. The SMILES string of the molecule is C=C(CC/C=C/C(=O)O)C1c2[nH]c3ccccc3c2CC(C)N1C1CCOCC1. The van der Waals surface area contributed by atoms with Gasteiger partial charge in [-0.3, -0.25) is 4.90 Å². The van der Waals surface area contributed by atoms with Gasteiger partial charge in [0.2, 0.25) is 0 Å². The van der Waals surface area contributed by atoms with E-state index in [1.807, 2.05) is 0 Å². The van der Waals surface area contributed by atoms with Gasteiger partial charge in [0.15, 0.2) is 0 Å². The fourth-order valence-electron chi connectivity index (χ4n) is 5.04. The number of aromatic nitrogens is 1. The molecule has 1 aromatic carbocycles. The molecule has 3 heterocycles. The highest BCUT2D eigenvalue weighted by atomic mass is 16.5. The minimum atomic E-state index is -0.899. The molecular weight excluding hydrogens is 364 g/mol. The first-order chi connectivity index (χ1) is 14.1. The van der Waals surface area contributed by atoms with E-state index in [0.717, 1.165) is 44.5 Å². The molecule has 5 heteroatoms. The summed E-state index contributed by atoms with van der Waals surface area (Å²) >= 11 is 0. The summed E-state index contributed by atoms with van der Waals surface area (Å²) in [5.41, 5.74) is 5.00. The second-order valence-corrected chi connectivity index (χ2v) is 8.25. The molecule has 2 unspecified atom stereocenters. The van der Waals surface area contributed by atoms with E-state index in [2.05, 4.69) is 47.7 Å². The third-order valence-corrected chi connectivity index (χ3v) is 6.32. The Morgan fingerprint density at radius 1 is 1.34 bits per heavy atom. The molecule has 2 aliphatic rings. The number of nitrogens with zero attached hydrogens (tertiary/aromatic N) is 1. The Kier molecular flexibility index (Phi) is 5.88. The number of ether oxygens (including phenoxy) is 1. The van der Waals surface area contributed by atoms with Crippen molar-refractivity contribution in [2.24, 2.45) is 0 Å². The van der Waals surface area contributed by atoms with Crippen LogP contribution < -0.4 is 0 Å². The van der Waals surface area contributed by atoms with E-state index in [-0.39, 0.29) is 6.04 Å². The summed E-state index contributed by atoms with van der Waals surface area (Å²) in [6.07, 6.45) is 7.53. The van der Waals surface area contributed by atoms with Crippen molar-refractivity contribution in [3.63, 3.8) is 0 Å². The van der Waals surface area contributed by atoms with Crippen molar-refractivity contribution in [1.29, 1.82) is 0 Å². The van der Waals surface area contributed by atoms with Crippen LogP contribution in [0.1, 0.15) is 49.9 Å². The predicted molar refractivity (Wildman–Crippen MR) is 115 cm³/mol. The minimum absolute atomic E-state index is 0.127. The Bertz CT molecular complexity index is 923. The Labute approximate surface area is 172 Å². The number of nitrogens with one attached hydrogen (secondary N) is 1. The summed E-state index contributed by atoms with van der Waals surface area (Å²) in [4.78, 5) is 17.1. The monoisotopic (exact) mass is 394 g/mol. The summed E-state index contributed by atoms with van der Waals surface area (Å²) in [6.45, 7) is 8.42. The zero-order valence-electron chi connectivity index (χ0n) is 17.1. The van der Waals surface area contributed by atoms with Gasteiger partial charge in [-0.25, -0.2) is 4.79 Å². The molecule has 2 aliphatic heterocycles. The summed E-state index contributed by atoms with van der Waals surface area (Å²) in [7, 11) is 0. The van der Waals surface area contributed by atoms with Crippen LogP contribution in [0.5, 0.6) is 0 Å². The van der Waals surface area contributed by atoms with Crippen LogP contribution in [0.3, 0.4) is 0 Å². The maximum absolute atomic E-state index is 10.8. The van der Waals surface area contributed by atoms with E-state index in [4.69, 9.17) is 9.84 Å². The van der Waals surface area contributed by atoms with Gasteiger partial charge < -0.3 is 14.8 Å². The maximum atomic E-state index is 10.8. The number of H-pyrrole nitrogens is 1. The molecule has 0 saturated carbocycles. The third-order valence-electron chi connectivity index (χ3n) is 6.32. The van der Waals surface area contributed by atoms with Gasteiger partial charge in [-0.15, -0.1) is 0 Å². The average molecular weight is 395 g/mol. The lowest BCUT2D eigenvalue weighted by atomic mass is 9.85. The molecule has 0 aliphatic carbocycles. The molecule has 154 valence electrons. The van der Waals surface area contributed by atoms with Crippen molar-refractivity contribution in [2.45, 2.75) is 57.2 Å². The van der Waals surface area contributed by atoms with Crippen LogP contribution in [-0.2, 0) is 16.0 Å². The molecule has 29 heavy (non-hydrogen) atoms. The smallest absolute Gasteiger partial charge is 0.327 e. The largest absolute Gasteiger partial charge is 0.478 e. The van der Waals surface area contributed by atoms with Crippen LogP contribution in [0.15, 0.2) is 48.6 Å². The van der Waals surface area contributed by atoms with Gasteiger partial charge in [0.05, 0.1) is 6.04 Å². The van der Waals surface area contributed by atoms with Crippen molar-refractivity contribution < 1.29 is 14.6 Å². The average Bonchev–Trinajstić information content (AvgIpc) is 3.08. The van der Waals surface area contributed by atoms with E-state index in [1.54, 1.807) is 6.08 Å². The van der Waals surface area contributed by atoms with Crippen LogP contribution in [0.2, 0.25) is 0 Å². The number of carboxylic acid groups (broad SMARTS) is 1. The molecule has 1 saturated heterocycles. The number of carboxylic acids is 1. The molecule has 1 aromatic heterocycles. The molecule has 5 nitrogen and oxygen atoms in total. The number of aromatic amines is 1. The Balaban J connectivity index is 1.69. The Morgan fingerprint density at radius 2 is 2.10 bits per heavy atom. The normalized spacial score (nSPS) is 23.5. The highest BCUT2D eigenvalue weighted by molar-refractivity contribution is 5.85. The molecule has 0 amide bonds. The summed E-state index contributed by atoms with van der Waals surface area (Å²) < 4.78 is 5.62. The lowest BCUT2D eigenvalue weighted by Crippen LogP contribution is -2.50. The second kappa shape index (κ2) is 8.56. The van der Waals surface area contributed by atoms with Crippen LogP contribution in [0, 0.1) is 0 Å². The van der Waals surface area contributed by atoms with Crippen molar-refractivity contribution >= 4 is 16.9 Å². The molecule has 0 spiro atoms. The van der Waals surface area contributed by atoms with Crippen LogP contribution in [-0.4, -0.2) is 46.3 Å². The highest BCUT2D eigenvalue weighted by Gasteiger charge is 2.39. The molecule has 4 rings (SSSR count). The van der Waals surface area contributed by atoms with Crippen LogP contribution in [0.4, 0.5) is 0 Å². The van der Waals surface area contributed by atoms with Gasteiger partial charge in [0.25, 0.3) is 0 Å². The number of allylic oxidation sites excluding steroid dienone is 1. The topological polar surface area (TPSA) is 65.6 Å². The first kappa shape index (κ1) is 19.9. The first-order valence-corrected chi connectivity index (χ1v) is 10.6. The van der Waals surface area contributed by atoms with Crippen LogP contribution in [0.25, 0.3) is 10.9 Å². The van der Waals surface area contributed by atoms with Crippen molar-refractivity contribution in [3.05, 3.63) is 59.8 Å². The molecule has 2 aromatic rings. The molecule has 0 radical (unpaired) electrons. The molecule has 2 atom stereocenters. The van der Waals surface area contributed by atoms with E-state index in [9.17, 15) is 4.79 Å². The van der Waals surface area contributed by atoms with Crippen molar-refractivity contribution in [2.75, 3.05) is 13.2 Å². The summed E-state index contributed by atoms with van der Waals surface area (Å²) in [5.74, 6) is -0.899. The quantitative estimate of drug-likeness (QED) is 0.555. The number of rotatable bonds is 6. The standard InChI is InChI=1S/C24H30N2O3/c1-16(7-3-6-10-22(27)28)24-23-20(19-8-4-5-9-21(19)25-23)15-17(2)26(24)18-11-13-29-14-12-18/h4-6,8-10,17-18,24-25H,1,3,7,11-15H2,2H3,(H,27,28)/b10-6+. The van der Waals surface area contributed by atoms with Gasteiger partial charge >= 0.3 is 5.97 Å². The third kappa shape index (κ3) is 4.02. The second-order valence-electron chi connectivity index (χ2n) is 8.25. The van der Waals surface area contributed by atoms with Gasteiger partial charge in [0.1, 0.15) is 0 Å². The number of aliphatic carboxylic acids is 1. The van der Waals surface area contributed by atoms with E-state index < -0.39 is 5.97 Å². The van der Waals surface area contributed by atoms with E-state index in [1.165, 1.54) is 28.2 Å². The van der Waals surface area contributed by atoms with E-state index >= 15 is 0 Å². The van der Waals surface area contributed by atoms with Gasteiger partial charge in [-0.1, -0.05) is 36.4 Å². The van der Waals surface area contributed by atoms with Crippen molar-refractivity contribution in [1.82, 2.24) is 9.88 Å². The number of fused-ring (bicyclic) bond motifs is 3. The summed E-state index contributed by atoms with van der Waals surface area (Å²) in [5, 5.41) is 10.2. The first-order valence-electron chi connectivity index (χ1n) is 10.6. The molecule has 2 N–H and O–H groups in total. The number of hydrogen-bond acceptors (Lipinski definition) is 3. The maximum Gasteiger partial charge on any atom is 0.327 e. The van der Waals surface area contributed by atoms with Gasteiger partial charge in [-0.05, 0) is 50.7 Å². The van der Waals surface area contributed by atoms with Gasteiger partial charge in [0, 0.05) is 48.0 Å². The molecule has 0 bridgehead atoms. The molecular formula is C24H30N2O3. The highest BCUT2D eigenvalue weighted by Crippen LogP contribution is 2.43. The fourth-order valence-corrected chi connectivity index (χ4v) is 5.04. The van der Waals surface area contributed by atoms with Crippen molar-refractivity contribution in [3.8, 4) is 0 Å². The van der Waals surface area contributed by atoms with E-state index in [0.29, 0.717) is 18.5 Å².